The first-order valence-corrected chi connectivity index (χ1v) is 8.32. The van der Waals surface area contributed by atoms with Crippen molar-refractivity contribution in [3.63, 3.8) is 0 Å². The molecule has 1 aliphatic rings. The summed E-state index contributed by atoms with van der Waals surface area (Å²) in [5, 5.41) is 4.11. The number of aromatic nitrogens is 2. The van der Waals surface area contributed by atoms with Crippen LogP contribution in [0.2, 0.25) is 0 Å². The first-order chi connectivity index (χ1) is 11.3. The van der Waals surface area contributed by atoms with Crippen LogP contribution in [-0.2, 0) is 17.6 Å². The summed E-state index contributed by atoms with van der Waals surface area (Å²) < 4.78 is 16.3. The summed E-state index contributed by atoms with van der Waals surface area (Å²) in [7, 11) is 1.67. The van der Waals surface area contributed by atoms with Crippen LogP contribution in [-0.4, -0.2) is 30.0 Å². The molecule has 0 aliphatic carbocycles. The van der Waals surface area contributed by atoms with Gasteiger partial charge in [-0.3, -0.25) is 0 Å². The minimum atomic E-state index is 0.385. The number of hydrogen-bond acceptors (Lipinski definition) is 5. The van der Waals surface area contributed by atoms with Crippen LogP contribution >= 0.6 is 0 Å². The number of benzene rings is 1. The predicted molar refractivity (Wildman–Crippen MR) is 86.6 cm³/mol. The quantitative estimate of drug-likeness (QED) is 0.817. The Labute approximate surface area is 137 Å². The Morgan fingerprint density at radius 1 is 1.26 bits per heavy atom. The van der Waals surface area contributed by atoms with E-state index in [9.17, 15) is 0 Å². The van der Waals surface area contributed by atoms with Crippen LogP contribution in [0.25, 0.3) is 0 Å². The minimum Gasteiger partial charge on any atom is -0.497 e. The molecule has 2 atom stereocenters. The van der Waals surface area contributed by atoms with E-state index in [1.165, 1.54) is 0 Å². The zero-order chi connectivity index (χ0) is 16.1. The molecule has 1 saturated heterocycles. The van der Waals surface area contributed by atoms with Gasteiger partial charge in [-0.15, -0.1) is 0 Å². The zero-order valence-corrected chi connectivity index (χ0v) is 13.8. The molecule has 1 aromatic carbocycles. The average Bonchev–Trinajstić information content (AvgIpc) is 3.02. The lowest BCUT2D eigenvalue weighted by molar-refractivity contribution is -0.0115. The number of nitrogens with zero attached hydrogens (tertiary/aromatic N) is 2. The van der Waals surface area contributed by atoms with E-state index >= 15 is 0 Å². The molecular formula is C18H24N2O3. The second kappa shape index (κ2) is 7.59. The Hall–Kier alpha value is -1.88. The Bertz CT molecular complexity index is 609. The largest absolute Gasteiger partial charge is 0.497 e. The fourth-order valence-corrected chi connectivity index (χ4v) is 3.05. The van der Waals surface area contributed by atoms with E-state index in [2.05, 4.69) is 17.1 Å². The molecule has 5 nitrogen and oxygen atoms in total. The third kappa shape index (κ3) is 4.32. The number of methoxy groups -OCH3 is 1. The molecule has 1 aliphatic heterocycles. The van der Waals surface area contributed by atoms with Crippen LogP contribution in [0.15, 0.2) is 28.8 Å². The lowest BCUT2D eigenvalue weighted by Gasteiger charge is -2.27. The van der Waals surface area contributed by atoms with Crippen molar-refractivity contribution in [3.05, 3.63) is 41.5 Å². The SMILES string of the molecule is CCC1CC(Cc2nc(Cc3ccc(OC)cc3)no2)CCO1. The highest BCUT2D eigenvalue weighted by Gasteiger charge is 2.23. The van der Waals surface area contributed by atoms with Crippen molar-refractivity contribution in [2.45, 2.75) is 45.1 Å². The zero-order valence-electron chi connectivity index (χ0n) is 13.8. The molecule has 124 valence electrons. The van der Waals surface area contributed by atoms with Crippen LogP contribution < -0.4 is 4.74 Å². The van der Waals surface area contributed by atoms with Crippen molar-refractivity contribution in [1.82, 2.24) is 10.1 Å². The average molecular weight is 316 g/mol. The predicted octanol–water partition coefficient (Wildman–Crippen LogP) is 3.42. The van der Waals surface area contributed by atoms with Crippen molar-refractivity contribution >= 4 is 0 Å². The summed E-state index contributed by atoms with van der Waals surface area (Å²) in [6.45, 7) is 3.02. The Kier molecular flexibility index (Phi) is 5.28. The van der Waals surface area contributed by atoms with Crippen molar-refractivity contribution in [1.29, 1.82) is 0 Å². The van der Waals surface area contributed by atoms with Crippen molar-refractivity contribution in [2.24, 2.45) is 5.92 Å². The van der Waals surface area contributed by atoms with Gasteiger partial charge in [0, 0.05) is 19.4 Å². The summed E-state index contributed by atoms with van der Waals surface area (Å²) in [4.78, 5) is 4.54. The molecule has 23 heavy (non-hydrogen) atoms. The number of rotatable bonds is 6. The molecule has 0 spiro atoms. The molecular weight excluding hydrogens is 292 g/mol. The third-order valence-electron chi connectivity index (χ3n) is 4.43. The van der Waals surface area contributed by atoms with Crippen molar-refractivity contribution < 1.29 is 14.0 Å². The number of hydrogen-bond donors (Lipinski definition) is 0. The van der Waals surface area contributed by atoms with E-state index in [1.54, 1.807) is 7.11 Å². The van der Waals surface area contributed by atoms with E-state index < -0.39 is 0 Å². The van der Waals surface area contributed by atoms with Gasteiger partial charge < -0.3 is 14.0 Å². The van der Waals surface area contributed by atoms with E-state index in [0.717, 1.165) is 55.3 Å². The molecule has 5 heteroatoms. The molecule has 2 unspecified atom stereocenters. The van der Waals surface area contributed by atoms with Crippen LogP contribution in [0.1, 0.15) is 43.5 Å². The number of ether oxygens (including phenoxy) is 2. The van der Waals surface area contributed by atoms with Gasteiger partial charge in [0.05, 0.1) is 13.2 Å². The summed E-state index contributed by atoms with van der Waals surface area (Å²) >= 11 is 0. The minimum absolute atomic E-state index is 0.385. The molecule has 1 aromatic heterocycles. The van der Waals surface area contributed by atoms with Crippen LogP contribution in [0, 0.1) is 5.92 Å². The van der Waals surface area contributed by atoms with E-state index in [4.69, 9.17) is 14.0 Å². The maximum absolute atomic E-state index is 5.72. The molecule has 2 aromatic rings. The maximum atomic E-state index is 5.72. The second-order valence-corrected chi connectivity index (χ2v) is 6.12. The maximum Gasteiger partial charge on any atom is 0.226 e. The van der Waals surface area contributed by atoms with Gasteiger partial charge in [-0.2, -0.15) is 4.98 Å². The first-order valence-electron chi connectivity index (χ1n) is 8.32. The summed E-state index contributed by atoms with van der Waals surface area (Å²) in [6, 6.07) is 7.95. The topological polar surface area (TPSA) is 57.4 Å². The van der Waals surface area contributed by atoms with Crippen LogP contribution in [0.3, 0.4) is 0 Å². The van der Waals surface area contributed by atoms with Gasteiger partial charge in [0.25, 0.3) is 0 Å². The monoisotopic (exact) mass is 316 g/mol. The van der Waals surface area contributed by atoms with E-state index in [1.807, 2.05) is 24.3 Å². The Morgan fingerprint density at radius 2 is 2.09 bits per heavy atom. The highest BCUT2D eigenvalue weighted by Crippen LogP contribution is 2.25. The molecule has 1 fully saturated rings. The highest BCUT2D eigenvalue weighted by atomic mass is 16.5. The van der Waals surface area contributed by atoms with Gasteiger partial charge in [0.2, 0.25) is 5.89 Å². The third-order valence-corrected chi connectivity index (χ3v) is 4.43. The second-order valence-electron chi connectivity index (χ2n) is 6.12. The first kappa shape index (κ1) is 16.0. The van der Waals surface area contributed by atoms with E-state index in [-0.39, 0.29) is 0 Å². The van der Waals surface area contributed by atoms with Gasteiger partial charge in [-0.1, -0.05) is 24.2 Å². The highest BCUT2D eigenvalue weighted by molar-refractivity contribution is 5.28. The van der Waals surface area contributed by atoms with Crippen LogP contribution in [0.4, 0.5) is 0 Å². The normalized spacial score (nSPS) is 21.3. The van der Waals surface area contributed by atoms with Gasteiger partial charge in [-0.25, -0.2) is 0 Å². The molecule has 0 amide bonds. The van der Waals surface area contributed by atoms with Gasteiger partial charge in [-0.05, 0) is 42.9 Å². The molecule has 3 rings (SSSR count). The van der Waals surface area contributed by atoms with Crippen molar-refractivity contribution in [3.8, 4) is 5.75 Å². The Morgan fingerprint density at radius 3 is 2.83 bits per heavy atom. The van der Waals surface area contributed by atoms with Crippen LogP contribution in [0.5, 0.6) is 5.75 Å². The summed E-state index contributed by atoms with van der Waals surface area (Å²) in [5.74, 6) is 2.93. The lowest BCUT2D eigenvalue weighted by Crippen LogP contribution is -2.26. The fourth-order valence-electron chi connectivity index (χ4n) is 3.05. The van der Waals surface area contributed by atoms with Gasteiger partial charge >= 0.3 is 0 Å². The standard InChI is InChI=1S/C18H24N2O3/c1-3-15-10-14(8-9-22-15)12-18-19-17(20-23-18)11-13-4-6-16(21-2)7-5-13/h4-7,14-15H,3,8-12H2,1-2H3. The van der Waals surface area contributed by atoms with E-state index in [0.29, 0.717) is 18.4 Å². The summed E-state index contributed by atoms with van der Waals surface area (Å²) in [6.07, 6.45) is 5.16. The molecule has 0 bridgehead atoms. The molecule has 2 heterocycles. The smallest absolute Gasteiger partial charge is 0.226 e. The Balaban J connectivity index is 1.57. The molecule has 0 N–H and O–H groups in total. The molecule has 0 saturated carbocycles. The lowest BCUT2D eigenvalue weighted by atomic mass is 9.91. The van der Waals surface area contributed by atoms with Crippen molar-refractivity contribution in [2.75, 3.05) is 13.7 Å². The fraction of sp³-hybridized carbons (Fsp3) is 0.556. The van der Waals surface area contributed by atoms with Gasteiger partial charge in [0.1, 0.15) is 5.75 Å². The van der Waals surface area contributed by atoms with Gasteiger partial charge in [0.15, 0.2) is 5.82 Å². The summed E-state index contributed by atoms with van der Waals surface area (Å²) in [5.41, 5.74) is 1.15. The molecule has 0 radical (unpaired) electrons.